The van der Waals surface area contributed by atoms with Crippen molar-refractivity contribution in [2.75, 3.05) is 11.0 Å². The Bertz CT molecular complexity index is 649. The van der Waals surface area contributed by atoms with Crippen molar-refractivity contribution in [2.24, 2.45) is 0 Å². The molecule has 0 radical (unpaired) electrons. The summed E-state index contributed by atoms with van der Waals surface area (Å²) in [6, 6.07) is 2.79. The molecule has 1 rings (SSSR count). The van der Waals surface area contributed by atoms with Gasteiger partial charge in [-0.2, -0.15) is 0 Å². The van der Waals surface area contributed by atoms with E-state index in [2.05, 4.69) is 16.0 Å². The summed E-state index contributed by atoms with van der Waals surface area (Å²) in [5.74, 6) is 2.31. The number of hydrogen-bond acceptors (Lipinski definition) is 3. The van der Waals surface area contributed by atoms with Crippen LogP contribution < -0.4 is 10.0 Å². The zero-order chi connectivity index (χ0) is 14.6. The van der Waals surface area contributed by atoms with E-state index in [1.807, 2.05) is 0 Å². The summed E-state index contributed by atoms with van der Waals surface area (Å²) in [4.78, 5) is 10.4. The van der Waals surface area contributed by atoms with Crippen LogP contribution in [0, 0.1) is 12.3 Å². The molecule has 0 saturated heterocycles. The highest BCUT2D eigenvalue weighted by molar-refractivity contribution is 7.92. The molecule has 102 valence electrons. The molecular formula is C11H11ClN2O4S. The number of carbonyl (C=O) groups is 1. The van der Waals surface area contributed by atoms with Crippen LogP contribution in [-0.2, 0) is 16.6 Å². The zero-order valence-corrected chi connectivity index (χ0v) is 11.5. The number of sulfonamides is 1. The highest BCUT2D eigenvalue weighted by atomic mass is 35.5. The van der Waals surface area contributed by atoms with Crippen molar-refractivity contribution in [1.82, 2.24) is 5.32 Å². The van der Waals surface area contributed by atoms with Crippen molar-refractivity contribution >= 4 is 33.4 Å². The summed E-state index contributed by atoms with van der Waals surface area (Å²) in [5.41, 5.74) is 0.905. The molecule has 0 heterocycles. The summed E-state index contributed by atoms with van der Waals surface area (Å²) in [7, 11) is -3.48. The normalized spacial score (nSPS) is 10.6. The Morgan fingerprint density at radius 3 is 2.63 bits per heavy atom. The van der Waals surface area contributed by atoms with Crippen LogP contribution in [-0.4, -0.2) is 25.9 Å². The molecule has 0 aliphatic carbocycles. The van der Waals surface area contributed by atoms with Gasteiger partial charge in [0.1, 0.15) is 0 Å². The van der Waals surface area contributed by atoms with E-state index in [9.17, 15) is 13.2 Å². The van der Waals surface area contributed by atoms with E-state index < -0.39 is 16.1 Å². The lowest BCUT2D eigenvalue weighted by Crippen LogP contribution is -2.20. The second-order valence-corrected chi connectivity index (χ2v) is 5.82. The van der Waals surface area contributed by atoms with Crippen molar-refractivity contribution in [2.45, 2.75) is 6.54 Å². The Hall–Kier alpha value is -1.91. The lowest BCUT2D eigenvalue weighted by atomic mass is 10.1. The maximum absolute atomic E-state index is 11.2. The molecule has 3 N–H and O–H groups in total. The van der Waals surface area contributed by atoms with Gasteiger partial charge in [-0.1, -0.05) is 17.5 Å². The van der Waals surface area contributed by atoms with Crippen LogP contribution >= 0.6 is 11.6 Å². The number of terminal acetylenes is 1. The first-order valence-corrected chi connectivity index (χ1v) is 7.23. The molecule has 0 unspecified atom stereocenters. The summed E-state index contributed by atoms with van der Waals surface area (Å²) in [6.45, 7) is -0.0258. The summed E-state index contributed by atoms with van der Waals surface area (Å²) in [5, 5.41) is 10.9. The quantitative estimate of drug-likeness (QED) is 0.734. The number of anilines is 1. The van der Waals surface area contributed by atoms with Gasteiger partial charge in [0, 0.05) is 17.1 Å². The third-order valence-corrected chi connectivity index (χ3v) is 3.01. The first-order chi connectivity index (χ1) is 8.73. The number of halogens is 1. The number of amides is 1. The predicted octanol–water partition coefficient (Wildman–Crippen LogP) is 1.46. The van der Waals surface area contributed by atoms with Crippen LogP contribution in [0.25, 0.3) is 0 Å². The van der Waals surface area contributed by atoms with Crippen molar-refractivity contribution in [3.8, 4) is 12.3 Å². The highest BCUT2D eigenvalue weighted by Crippen LogP contribution is 2.25. The molecule has 0 fully saturated rings. The average Bonchev–Trinajstić information content (AvgIpc) is 2.25. The molecule has 0 bridgehead atoms. The van der Waals surface area contributed by atoms with Crippen molar-refractivity contribution in [3.63, 3.8) is 0 Å². The minimum atomic E-state index is -3.48. The van der Waals surface area contributed by atoms with Gasteiger partial charge >= 0.3 is 6.09 Å². The Labute approximate surface area is 115 Å². The number of rotatable bonds is 4. The first-order valence-electron chi connectivity index (χ1n) is 4.96. The standard InChI is InChI=1S/C11H11ClN2O4S/c1-3-7-4-8(6-13-11(15)16)9(12)5-10(7)14-19(2,17)18/h1,4-5,13-14H,6H2,2H3,(H,15,16). The van der Waals surface area contributed by atoms with E-state index in [0.29, 0.717) is 5.56 Å². The third-order valence-electron chi connectivity index (χ3n) is 2.07. The van der Waals surface area contributed by atoms with Gasteiger partial charge < -0.3 is 10.4 Å². The van der Waals surface area contributed by atoms with E-state index in [-0.39, 0.29) is 22.8 Å². The van der Waals surface area contributed by atoms with Crippen LogP contribution in [0.1, 0.15) is 11.1 Å². The fraction of sp³-hybridized carbons (Fsp3) is 0.182. The highest BCUT2D eigenvalue weighted by Gasteiger charge is 2.11. The van der Waals surface area contributed by atoms with Gasteiger partial charge in [-0.25, -0.2) is 13.2 Å². The Balaban J connectivity index is 3.15. The summed E-state index contributed by atoms with van der Waals surface area (Å²) < 4.78 is 24.6. The molecule has 0 atom stereocenters. The number of carboxylic acid groups (broad SMARTS) is 1. The number of benzene rings is 1. The summed E-state index contributed by atoms with van der Waals surface area (Å²) >= 11 is 5.93. The van der Waals surface area contributed by atoms with Gasteiger partial charge in [0.25, 0.3) is 0 Å². The van der Waals surface area contributed by atoms with Crippen LogP contribution in [0.15, 0.2) is 12.1 Å². The van der Waals surface area contributed by atoms with Crippen molar-refractivity contribution < 1.29 is 18.3 Å². The lowest BCUT2D eigenvalue weighted by Gasteiger charge is -2.11. The second-order valence-electron chi connectivity index (χ2n) is 3.67. The van der Waals surface area contributed by atoms with E-state index in [1.165, 1.54) is 12.1 Å². The van der Waals surface area contributed by atoms with Gasteiger partial charge in [-0.05, 0) is 17.7 Å². The molecule has 0 spiro atoms. The van der Waals surface area contributed by atoms with Crippen molar-refractivity contribution in [1.29, 1.82) is 0 Å². The largest absolute Gasteiger partial charge is 0.465 e. The van der Waals surface area contributed by atoms with Crippen molar-refractivity contribution in [3.05, 3.63) is 28.3 Å². The first kappa shape index (κ1) is 15.1. The van der Waals surface area contributed by atoms with Gasteiger partial charge in [0.05, 0.1) is 11.9 Å². The zero-order valence-electron chi connectivity index (χ0n) is 9.90. The minimum absolute atomic E-state index is 0.0258. The Morgan fingerprint density at radius 1 is 1.53 bits per heavy atom. The number of nitrogens with one attached hydrogen (secondary N) is 2. The SMILES string of the molecule is C#Cc1cc(CNC(=O)O)c(Cl)cc1NS(C)(=O)=O. The fourth-order valence-corrected chi connectivity index (χ4v) is 2.13. The average molecular weight is 303 g/mol. The molecule has 1 aromatic carbocycles. The molecule has 0 aromatic heterocycles. The maximum atomic E-state index is 11.2. The Morgan fingerprint density at radius 2 is 2.16 bits per heavy atom. The van der Waals surface area contributed by atoms with Crippen LogP contribution in [0.4, 0.5) is 10.5 Å². The second kappa shape index (κ2) is 5.82. The molecule has 19 heavy (non-hydrogen) atoms. The van der Waals surface area contributed by atoms with Crippen LogP contribution in [0.5, 0.6) is 0 Å². The van der Waals surface area contributed by atoms with E-state index in [4.69, 9.17) is 23.1 Å². The molecule has 0 saturated carbocycles. The van der Waals surface area contributed by atoms with Crippen LogP contribution in [0.2, 0.25) is 5.02 Å². The summed E-state index contributed by atoms with van der Waals surface area (Å²) in [6.07, 6.45) is 5.07. The number of hydrogen-bond donors (Lipinski definition) is 3. The van der Waals surface area contributed by atoms with E-state index in [0.717, 1.165) is 6.26 Å². The smallest absolute Gasteiger partial charge is 0.404 e. The fourth-order valence-electron chi connectivity index (χ4n) is 1.33. The van der Waals surface area contributed by atoms with Gasteiger partial charge in [0.15, 0.2) is 0 Å². The molecule has 1 amide bonds. The van der Waals surface area contributed by atoms with E-state index in [1.54, 1.807) is 0 Å². The van der Waals surface area contributed by atoms with E-state index >= 15 is 0 Å². The topological polar surface area (TPSA) is 95.5 Å². The third kappa shape index (κ3) is 4.69. The molecular weight excluding hydrogens is 292 g/mol. The van der Waals surface area contributed by atoms with Gasteiger partial charge in [-0.15, -0.1) is 6.42 Å². The van der Waals surface area contributed by atoms with Gasteiger partial charge in [0.2, 0.25) is 10.0 Å². The molecule has 6 nitrogen and oxygen atoms in total. The minimum Gasteiger partial charge on any atom is -0.465 e. The van der Waals surface area contributed by atoms with Crippen LogP contribution in [0.3, 0.4) is 0 Å². The van der Waals surface area contributed by atoms with Gasteiger partial charge in [-0.3, -0.25) is 4.72 Å². The molecule has 8 heteroatoms. The molecule has 0 aliphatic heterocycles. The predicted molar refractivity (Wildman–Crippen MR) is 72.7 cm³/mol. The maximum Gasteiger partial charge on any atom is 0.404 e. The monoisotopic (exact) mass is 302 g/mol. The lowest BCUT2D eigenvalue weighted by molar-refractivity contribution is 0.194. The molecule has 1 aromatic rings. The Kier molecular flexibility index (Phi) is 4.64. The molecule has 0 aliphatic rings.